The number of halogens is 3. The van der Waals surface area contributed by atoms with Crippen molar-refractivity contribution < 1.29 is 32.3 Å². The molecule has 1 N–H and O–H groups in total. The number of hydrogen-bond donors (Lipinski definition) is 1. The van der Waals surface area contributed by atoms with Crippen molar-refractivity contribution in [2.75, 3.05) is 17.3 Å². The standard InChI is InChI=1S/C30H27F3N6O4S/c1-19(2)24-5-3-4-6-25(24)39-26(40)17-44-29(39)35-28(41)37-42-16-15-20-7-9-21(10-8-20)27-34-18-38(36-27)22-11-13-23(14-12-22)43-30(31,32)33/h3-14,18-19H,15-17H2,1-2H3,(H,37,41)/b35-29-. The quantitative estimate of drug-likeness (QED) is 0.173. The van der Waals surface area contributed by atoms with Crippen molar-refractivity contribution in [2.45, 2.75) is 32.5 Å². The molecule has 44 heavy (non-hydrogen) atoms. The minimum atomic E-state index is -4.76. The Morgan fingerprint density at radius 3 is 2.50 bits per heavy atom. The summed E-state index contributed by atoms with van der Waals surface area (Å²) in [5.74, 6) is 0.340. The Kier molecular flexibility index (Phi) is 9.30. The lowest BCUT2D eigenvalue weighted by Crippen LogP contribution is -2.32. The van der Waals surface area contributed by atoms with Gasteiger partial charge in [0.15, 0.2) is 11.0 Å². The van der Waals surface area contributed by atoms with Gasteiger partial charge in [-0.05, 0) is 53.8 Å². The van der Waals surface area contributed by atoms with Crippen LogP contribution in [-0.2, 0) is 16.1 Å². The van der Waals surface area contributed by atoms with Crippen molar-refractivity contribution in [1.82, 2.24) is 20.2 Å². The van der Waals surface area contributed by atoms with E-state index in [1.54, 1.807) is 0 Å². The largest absolute Gasteiger partial charge is 0.573 e. The third-order valence-electron chi connectivity index (χ3n) is 6.45. The molecule has 228 valence electrons. The van der Waals surface area contributed by atoms with E-state index in [2.05, 4.69) is 25.3 Å². The molecule has 2 heterocycles. The van der Waals surface area contributed by atoms with Crippen molar-refractivity contribution in [1.29, 1.82) is 0 Å². The first kappa shape index (κ1) is 30.8. The first-order valence-corrected chi connectivity index (χ1v) is 14.5. The summed E-state index contributed by atoms with van der Waals surface area (Å²) in [5, 5.41) is 4.69. The van der Waals surface area contributed by atoms with Crippen LogP contribution < -0.4 is 15.1 Å². The maximum Gasteiger partial charge on any atom is 0.573 e. The molecule has 10 nitrogen and oxygen atoms in total. The number of alkyl halides is 3. The second-order valence-corrected chi connectivity index (χ2v) is 10.8. The lowest BCUT2D eigenvalue weighted by molar-refractivity contribution is -0.274. The van der Waals surface area contributed by atoms with E-state index in [0.717, 1.165) is 16.7 Å². The maximum absolute atomic E-state index is 12.6. The summed E-state index contributed by atoms with van der Waals surface area (Å²) in [5.41, 5.74) is 6.19. The Bertz CT molecular complexity index is 1660. The number of amidine groups is 1. The molecule has 0 aliphatic carbocycles. The predicted molar refractivity (Wildman–Crippen MR) is 160 cm³/mol. The highest BCUT2D eigenvalue weighted by molar-refractivity contribution is 8.15. The molecule has 3 aromatic carbocycles. The molecule has 5 rings (SSSR count). The number of nitrogens with zero attached hydrogens (tertiary/aromatic N) is 5. The maximum atomic E-state index is 12.6. The van der Waals surface area contributed by atoms with Gasteiger partial charge in [-0.25, -0.2) is 19.9 Å². The lowest BCUT2D eigenvalue weighted by Gasteiger charge is -2.21. The van der Waals surface area contributed by atoms with Gasteiger partial charge in [-0.15, -0.1) is 18.3 Å². The molecule has 1 aromatic heterocycles. The molecule has 1 aliphatic rings. The molecule has 14 heteroatoms. The molecule has 0 spiro atoms. The van der Waals surface area contributed by atoms with Crippen molar-refractivity contribution in [2.24, 2.45) is 4.99 Å². The van der Waals surface area contributed by atoms with Crippen LogP contribution in [0, 0.1) is 0 Å². The minimum absolute atomic E-state index is 0.144. The van der Waals surface area contributed by atoms with Crippen molar-refractivity contribution in [3.05, 3.63) is 90.3 Å². The number of hydrogen-bond acceptors (Lipinski definition) is 7. The highest BCUT2D eigenvalue weighted by atomic mass is 32.2. The van der Waals surface area contributed by atoms with E-state index >= 15 is 0 Å². The normalized spacial score (nSPS) is 14.5. The third kappa shape index (κ3) is 7.63. The van der Waals surface area contributed by atoms with E-state index in [-0.39, 0.29) is 29.9 Å². The topological polar surface area (TPSA) is 111 Å². The first-order valence-electron chi connectivity index (χ1n) is 13.5. The van der Waals surface area contributed by atoms with Crippen LogP contribution in [0.4, 0.5) is 23.7 Å². The molecule has 0 atom stereocenters. The predicted octanol–water partition coefficient (Wildman–Crippen LogP) is 6.28. The fourth-order valence-corrected chi connectivity index (χ4v) is 5.25. The second-order valence-electron chi connectivity index (χ2n) is 9.88. The number of hydroxylamine groups is 1. The number of carbonyl (C=O) groups is 2. The van der Waals surface area contributed by atoms with Gasteiger partial charge in [0.2, 0.25) is 5.91 Å². The Morgan fingerprint density at radius 2 is 1.80 bits per heavy atom. The van der Waals surface area contributed by atoms with E-state index in [1.807, 2.05) is 62.4 Å². The third-order valence-corrected chi connectivity index (χ3v) is 7.38. The molecular weight excluding hydrogens is 597 g/mol. The lowest BCUT2D eigenvalue weighted by atomic mass is 10.0. The summed E-state index contributed by atoms with van der Waals surface area (Å²) < 4.78 is 42.5. The Labute approximate surface area is 254 Å². The molecule has 3 amide bonds. The average Bonchev–Trinajstić information content (AvgIpc) is 3.62. The van der Waals surface area contributed by atoms with Gasteiger partial charge in [0.05, 0.1) is 23.7 Å². The number of anilines is 1. The van der Waals surface area contributed by atoms with Gasteiger partial charge in [0.25, 0.3) is 0 Å². The number of amides is 3. The summed E-state index contributed by atoms with van der Waals surface area (Å²) in [6.45, 7) is 4.25. The Hall–Kier alpha value is -4.69. The number of ether oxygens (including phenoxy) is 1. The zero-order valence-electron chi connectivity index (χ0n) is 23.6. The van der Waals surface area contributed by atoms with E-state index in [9.17, 15) is 22.8 Å². The average molecular weight is 625 g/mol. The molecular formula is C30H27F3N6O4S. The second kappa shape index (κ2) is 13.3. The summed E-state index contributed by atoms with van der Waals surface area (Å²) in [6.07, 6.45) is -2.80. The number of nitrogens with one attached hydrogen (secondary N) is 1. The molecule has 4 aromatic rings. The van der Waals surface area contributed by atoms with Crippen LogP contribution >= 0.6 is 11.8 Å². The van der Waals surface area contributed by atoms with Gasteiger partial charge in [-0.2, -0.15) is 4.99 Å². The van der Waals surface area contributed by atoms with Crippen LogP contribution in [-0.4, -0.2) is 50.6 Å². The van der Waals surface area contributed by atoms with Crippen molar-refractivity contribution in [3.8, 4) is 22.8 Å². The number of aromatic nitrogens is 3. The highest BCUT2D eigenvalue weighted by Crippen LogP contribution is 2.33. The fourth-order valence-electron chi connectivity index (χ4n) is 4.39. The summed E-state index contributed by atoms with van der Waals surface area (Å²) in [6, 6.07) is 19.5. The number of urea groups is 1. The van der Waals surface area contributed by atoms with Crippen LogP contribution in [0.5, 0.6) is 5.75 Å². The van der Waals surface area contributed by atoms with Gasteiger partial charge >= 0.3 is 12.4 Å². The molecule has 1 fully saturated rings. The van der Waals surface area contributed by atoms with E-state index in [4.69, 9.17) is 4.84 Å². The number of rotatable bonds is 9. The van der Waals surface area contributed by atoms with Crippen LogP contribution in [0.25, 0.3) is 17.1 Å². The van der Waals surface area contributed by atoms with E-state index in [1.165, 1.54) is 51.9 Å². The first-order chi connectivity index (χ1) is 21.1. The molecule has 0 unspecified atom stereocenters. The zero-order chi connectivity index (χ0) is 31.3. The SMILES string of the molecule is CC(C)c1ccccc1N1C(=O)CS/C1=N\C(=O)NOCCc1ccc(-c2ncn(-c3ccc(OC(F)(F)F)cc3)n2)cc1. The fraction of sp³-hybridized carbons (Fsp3) is 0.233. The Morgan fingerprint density at radius 1 is 1.07 bits per heavy atom. The number of thioether (sulfide) groups is 1. The number of benzene rings is 3. The molecule has 0 radical (unpaired) electrons. The van der Waals surface area contributed by atoms with Crippen LogP contribution in [0.3, 0.4) is 0 Å². The molecule has 1 aliphatic heterocycles. The monoisotopic (exact) mass is 624 g/mol. The van der Waals surface area contributed by atoms with Gasteiger partial charge < -0.3 is 4.74 Å². The number of para-hydroxylation sites is 1. The summed E-state index contributed by atoms with van der Waals surface area (Å²) in [4.78, 5) is 40.2. The van der Waals surface area contributed by atoms with Gasteiger partial charge in [-0.1, -0.05) is 68.1 Å². The van der Waals surface area contributed by atoms with Gasteiger partial charge in [-0.3, -0.25) is 14.5 Å². The summed E-state index contributed by atoms with van der Waals surface area (Å²) in [7, 11) is 0. The highest BCUT2D eigenvalue weighted by Gasteiger charge is 2.32. The van der Waals surface area contributed by atoms with E-state index in [0.29, 0.717) is 28.8 Å². The smallest absolute Gasteiger partial charge is 0.406 e. The Balaban J connectivity index is 1.12. The van der Waals surface area contributed by atoms with Gasteiger partial charge in [0.1, 0.15) is 12.1 Å². The zero-order valence-corrected chi connectivity index (χ0v) is 24.4. The van der Waals surface area contributed by atoms with Gasteiger partial charge in [0, 0.05) is 5.56 Å². The minimum Gasteiger partial charge on any atom is -0.406 e. The number of carbonyl (C=O) groups excluding carboxylic acids is 2. The van der Waals surface area contributed by atoms with Crippen molar-refractivity contribution in [3.63, 3.8) is 0 Å². The van der Waals surface area contributed by atoms with Crippen LogP contribution in [0.2, 0.25) is 0 Å². The number of aliphatic imine (C=N–C) groups is 1. The summed E-state index contributed by atoms with van der Waals surface area (Å²) >= 11 is 1.20. The van der Waals surface area contributed by atoms with Crippen LogP contribution in [0.1, 0.15) is 30.9 Å². The van der Waals surface area contributed by atoms with Crippen molar-refractivity contribution >= 4 is 34.6 Å². The molecule has 0 saturated carbocycles. The molecule has 1 saturated heterocycles. The van der Waals surface area contributed by atoms with Crippen LogP contribution in [0.15, 0.2) is 84.1 Å². The van der Waals surface area contributed by atoms with E-state index < -0.39 is 12.4 Å². The molecule has 0 bridgehead atoms.